The molecular formula is C15H15N3S. The molecule has 3 nitrogen and oxygen atoms in total. The van der Waals surface area contributed by atoms with Crippen molar-refractivity contribution in [2.45, 2.75) is 19.4 Å². The zero-order valence-electron chi connectivity index (χ0n) is 10.7. The molecule has 4 heteroatoms. The minimum atomic E-state index is 0.255. The average molecular weight is 269 g/mol. The van der Waals surface area contributed by atoms with E-state index in [1.807, 2.05) is 42.0 Å². The minimum absolute atomic E-state index is 0.255. The number of aromatic nitrogens is 2. The molecule has 1 N–H and O–H groups in total. The lowest BCUT2D eigenvalue weighted by Gasteiger charge is -2.17. The Labute approximate surface area is 116 Å². The van der Waals surface area contributed by atoms with Gasteiger partial charge in [-0.2, -0.15) is 0 Å². The molecule has 0 spiro atoms. The second kappa shape index (κ2) is 5.36. The van der Waals surface area contributed by atoms with Crippen molar-refractivity contribution in [1.29, 1.82) is 0 Å². The molecule has 0 aliphatic rings. The highest BCUT2D eigenvalue weighted by atomic mass is 32.1. The monoisotopic (exact) mass is 269 g/mol. The van der Waals surface area contributed by atoms with E-state index in [0.29, 0.717) is 0 Å². The lowest BCUT2D eigenvalue weighted by atomic mass is 10.1. The van der Waals surface area contributed by atoms with Crippen LogP contribution in [0.2, 0.25) is 0 Å². The van der Waals surface area contributed by atoms with Gasteiger partial charge in [-0.1, -0.05) is 25.1 Å². The van der Waals surface area contributed by atoms with Crippen LogP contribution in [-0.4, -0.2) is 9.97 Å². The number of fused-ring (bicyclic) bond motifs is 1. The van der Waals surface area contributed by atoms with Gasteiger partial charge in [0.25, 0.3) is 0 Å². The Hall–Kier alpha value is -1.94. The molecule has 0 bridgehead atoms. The van der Waals surface area contributed by atoms with Gasteiger partial charge >= 0.3 is 0 Å². The third-order valence-electron chi connectivity index (χ3n) is 3.14. The topological polar surface area (TPSA) is 37.8 Å². The molecule has 0 fully saturated rings. The molecule has 1 unspecified atom stereocenters. The van der Waals surface area contributed by atoms with Crippen LogP contribution in [0, 0.1) is 0 Å². The summed E-state index contributed by atoms with van der Waals surface area (Å²) in [6.07, 6.45) is 4.71. The summed E-state index contributed by atoms with van der Waals surface area (Å²) in [4.78, 5) is 8.79. The number of nitrogens with one attached hydrogen (secondary N) is 1. The van der Waals surface area contributed by atoms with E-state index >= 15 is 0 Å². The molecule has 3 rings (SSSR count). The zero-order chi connectivity index (χ0) is 13.1. The van der Waals surface area contributed by atoms with Crippen LogP contribution in [0.25, 0.3) is 10.9 Å². The summed E-state index contributed by atoms with van der Waals surface area (Å²) in [5.41, 5.74) is 2.13. The number of anilines is 1. The van der Waals surface area contributed by atoms with Crippen molar-refractivity contribution in [3.05, 3.63) is 53.1 Å². The summed E-state index contributed by atoms with van der Waals surface area (Å²) in [5, 5.41) is 7.88. The molecule has 0 radical (unpaired) electrons. The molecule has 2 aromatic heterocycles. The van der Waals surface area contributed by atoms with E-state index in [9.17, 15) is 0 Å². The molecule has 0 saturated carbocycles. The van der Waals surface area contributed by atoms with E-state index < -0.39 is 0 Å². The van der Waals surface area contributed by atoms with Crippen LogP contribution in [0.4, 0.5) is 5.69 Å². The Balaban J connectivity index is 1.96. The van der Waals surface area contributed by atoms with Crippen molar-refractivity contribution < 1.29 is 0 Å². The lowest BCUT2D eigenvalue weighted by Crippen LogP contribution is -2.09. The average Bonchev–Trinajstić information content (AvgIpc) is 2.99. The van der Waals surface area contributed by atoms with Crippen molar-refractivity contribution >= 4 is 27.9 Å². The van der Waals surface area contributed by atoms with Gasteiger partial charge in [-0.3, -0.25) is 4.98 Å². The summed E-state index contributed by atoms with van der Waals surface area (Å²) in [5.74, 6) is 0. The second-order valence-electron chi connectivity index (χ2n) is 4.35. The van der Waals surface area contributed by atoms with Gasteiger partial charge < -0.3 is 5.32 Å². The number of hydrogen-bond acceptors (Lipinski definition) is 4. The van der Waals surface area contributed by atoms with Crippen molar-refractivity contribution in [3.63, 3.8) is 0 Å². The number of nitrogens with zero attached hydrogens (tertiary/aromatic N) is 2. The summed E-state index contributed by atoms with van der Waals surface area (Å²) < 4.78 is 0. The number of benzene rings is 1. The van der Waals surface area contributed by atoms with E-state index in [2.05, 4.69) is 28.3 Å². The molecule has 19 heavy (non-hydrogen) atoms. The van der Waals surface area contributed by atoms with Crippen molar-refractivity contribution in [2.24, 2.45) is 0 Å². The molecule has 3 aromatic rings. The molecule has 0 aliphatic carbocycles. The van der Waals surface area contributed by atoms with Crippen LogP contribution in [0.1, 0.15) is 24.4 Å². The van der Waals surface area contributed by atoms with Crippen molar-refractivity contribution in [1.82, 2.24) is 9.97 Å². The molecule has 0 aliphatic heterocycles. The number of para-hydroxylation sites is 1. The van der Waals surface area contributed by atoms with Gasteiger partial charge in [0.05, 0.1) is 11.6 Å². The van der Waals surface area contributed by atoms with Gasteiger partial charge in [-0.25, -0.2) is 4.98 Å². The van der Waals surface area contributed by atoms with Crippen molar-refractivity contribution in [3.8, 4) is 0 Å². The van der Waals surface area contributed by atoms with Crippen molar-refractivity contribution in [2.75, 3.05) is 5.32 Å². The summed E-state index contributed by atoms with van der Waals surface area (Å²) in [6.45, 7) is 2.17. The smallest absolute Gasteiger partial charge is 0.115 e. The predicted molar refractivity (Wildman–Crippen MR) is 80.5 cm³/mol. The van der Waals surface area contributed by atoms with E-state index in [-0.39, 0.29) is 6.04 Å². The van der Waals surface area contributed by atoms with E-state index in [4.69, 9.17) is 0 Å². The fourth-order valence-corrected chi connectivity index (χ4v) is 2.93. The summed E-state index contributed by atoms with van der Waals surface area (Å²) >= 11 is 1.69. The maximum absolute atomic E-state index is 4.40. The minimum Gasteiger partial charge on any atom is -0.375 e. The molecule has 0 amide bonds. The van der Waals surface area contributed by atoms with E-state index in [0.717, 1.165) is 28.0 Å². The number of pyridine rings is 1. The predicted octanol–water partition coefficient (Wildman–Crippen LogP) is 4.25. The first-order valence-electron chi connectivity index (χ1n) is 6.38. The second-order valence-corrected chi connectivity index (χ2v) is 5.28. The first-order valence-corrected chi connectivity index (χ1v) is 7.26. The van der Waals surface area contributed by atoms with Crippen LogP contribution >= 0.6 is 11.3 Å². The Bertz CT molecular complexity index is 659. The van der Waals surface area contributed by atoms with Crippen LogP contribution in [0.15, 0.2) is 48.1 Å². The molecule has 1 aromatic carbocycles. The highest BCUT2D eigenvalue weighted by Gasteiger charge is 2.12. The molecule has 2 heterocycles. The fourth-order valence-electron chi connectivity index (χ4n) is 2.15. The molecular weight excluding hydrogens is 254 g/mol. The Morgan fingerprint density at radius 1 is 1.16 bits per heavy atom. The standard InChI is InChI=1S/C15H15N3S/c1-2-12(15-17-9-10-19-15)18-14-7-8-16-13-6-4-3-5-11(13)14/h3-10,12H,2H2,1H3,(H,16,18). The quantitative estimate of drug-likeness (QED) is 0.769. The largest absolute Gasteiger partial charge is 0.375 e. The SMILES string of the molecule is CCC(Nc1ccnc2ccccc12)c1nccs1. The summed E-state index contributed by atoms with van der Waals surface area (Å²) in [7, 11) is 0. The molecule has 1 atom stereocenters. The summed E-state index contributed by atoms with van der Waals surface area (Å²) in [6, 6.07) is 10.5. The first kappa shape index (κ1) is 12.1. The van der Waals surface area contributed by atoms with Crippen LogP contribution < -0.4 is 5.32 Å². The molecule has 0 saturated heterocycles. The highest BCUT2D eigenvalue weighted by Crippen LogP contribution is 2.28. The van der Waals surface area contributed by atoms with Gasteiger partial charge in [0.1, 0.15) is 5.01 Å². The Morgan fingerprint density at radius 3 is 2.84 bits per heavy atom. The first-order chi connectivity index (χ1) is 9.38. The van der Waals surface area contributed by atoms with Crippen LogP contribution in [0.3, 0.4) is 0 Å². The van der Waals surface area contributed by atoms with Gasteiger partial charge in [-0.05, 0) is 18.6 Å². The normalized spacial score (nSPS) is 12.5. The fraction of sp³-hybridized carbons (Fsp3) is 0.200. The van der Waals surface area contributed by atoms with E-state index in [1.54, 1.807) is 11.3 Å². The Morgan fingerprint density at radius 2 is 2.05 bits per heavy atom. The van der Waals surface area contributed by atoms with Gasteiger partial charge in [0.15, 0.2) is 0 Å². The Kier molecular flexibility index (Phi) is 3.42. The zero-order valence-corrected chi connectivity index (χ0v) is 11.5. The number of rotatable bonds is 4. The van der Waals surface area contributed by atoms with Crippen LogP contribution in [0.5, 0.6) is 0 Å². The highest BCUT2D eigenvalue weighted by molar-refractivity contribution is 7.09. The molecule has 96 valence electrons. The van der Waals surface area contributed by atoms with E-state index in [1.165, 1.54) is 0 Å². The maximum Gasteiger partial charge on any atom is 0.115 e. The van der Waals surface area contributed by atoms with Gasteiger partial charge in [0.2, 0.25) is 0 Å². The van der Waals surface area contributed by atoms with Crippen LogP contribution in [-0.2, 0) is 0 Å². The van der Waals surface area contributed by atoms with Gasteiger partial charge in [0, 0.05) is 28.8 Å². The lowest BCUT2D eigenvalue weighted by molar-refractivity contribution is 0.743. The third-order valence-corrected chi connectivity index (χ3v) is 4.03. The number of hydrogen-bond donors (Lipinski definition) is 1. The van der Waals surface area contributed by atoms with Gasteiger partial charge in [-0.15, -0.1) is 11.3 Å². The number of thiazole rings is 1. The maximum atomic E-state index is 4.40. The third kappa shape index (κ3) is 2.44.